The number of hydrogen-bond acceptors (Lipinski definition) is 3. The third-order valence-corrected chi connectivity index (χ3v) is 3.73. The van der Waals surface area contributed by atoms with Crippen molar-refractivity contribution in [2.75, 3.05) is 26.2 Å². The van der Waals surface area contributed by atoms with Gasteiger partial charge in [0.25, 0.3) is 0 Å². The molecule has 0 aromatic rings. The minimum Gasteiger partial charge on any atom is -0.375 e. The molecule has 1 saturated carbocycles. The summed E-state index contributed by atoms with van der Waals surface area (Å²) in [5, 5.41) is 3.63. The summed E-state index contributed by atoms with van der Waals surface area (Å²) in [6, 6.07) is 1.41. The molecule has 0 aromatic carbocycles. The molecule has 3 heteroatoms. The first-order chi connectivity index (χ1) is 6.45. The Morgan fingerprint density at radius 3 is 3.23 bits per heavy atom. The predicted molar refractivity (Wildman–Crippen MR) is 50.7 cm³/mol. The van der Waals surface area contributed by atoms with Gasteiger partial charge < -0.3 is 10.1 Å². The number of nitrogens with zero attached hydrogens (tertiary/aromatic N) is 1. The van der Waals surface area contributed by atoms with Crippen LogP contribution in [0.2, 0.25) is 0 Å². The van der Waals surface area contributed by atoms with Crippen molar-refractivity contribution in [3.63, 3.8) is 0 Å². The van der Waals surface area contributed by atoms with E-state index in [1.807, 2.05) is 0 Å². The molecule has 3 rings (SSSR count). The largest absolute Gasteiger partial charge is 0.375 e. The molecule has 0 amide bonds. The summed E-state index contributed by atoms with van der Waals surface area (Å²) in [4.78, 5) is 2.63. The van der Waals surface area contributed by atoms with E-state index in [1.165, 1.54) is 32.4 Å². The molecule has 3 atom stereocenters. The average molecular weight is 182 g/mol. The Bertz CT molecular complexity index is 152. The van der Waals surface area contributed by atoms with E-state index >= 15 is 0 Å². The van der Waals surface area contributed by atoms with Crippen molar-refractivity contribution in [2.45, 2.75) is 37.5 Å². The van der Waals surface area contributed by atoms with Gasteiger partial charge in [0.15, 0.2) is 0 Å². The van der Waals surface area contributed by atoms with E-state index in [4.69, 9.17) is 4.74 Å². The Hall–Kier alpha value is -0.120. The highest BCUT2D eigenvalue weighted by Gasteiger charge is 2.41. The Kier molecular flexibility index (Phi) is 2.04. The van der Waals surface area contributed by atoms with Crippen molar-refractivity contribution in [1.82, 2.24) is 10.2 Å². The lowest BCUT2D eigenvalue weighted by atomic mass is 9.84. The molecule has 2 saturated heterocycles. The van der Waals surface area contributed by atoms with E-state index in [0.29, 0.717) is 18.2 Å². The highest BCUT2D eigenvalue weighted by atomic mass is 16.5. The summed E-state index contributed by atoms with van der Waals surface area (Å²) in [7, 11) is 0. The van der Waals surface area contributed by atoms with Crippen LogP contribution in [0.1, 0.15) is 19.3 Å². The van der Waals surface area contributed by atoms with Crippen LogP contribution in [0.3, 0.4) is 0 Å². The van der Waals surface area contributed by atoms with Crippen molar-refractivity contribution >= 4 is 0 Å². The number of piperazine rings is 1. The van der Waals surface area contributed by atoms with E-state index in [2.05, 4.69) is 10.2 Å². The minimum atomic E-state index is 0.528. The average Bonchev–Trinajstić information content (AvgIpc) is 2.19. The number of rotatable bonds is 0. The monoisotopic (exact) mass is 182 g/mol. The first-order valence-corrected chi connectivity index (χ1v) is 5.54. The smallest absolute Gasteiger partial charge is 0.0746 e. The van der Waals surface area contributed by atoms with Crippen LogP contribution < -0.4 is 5.32 Å². The van der Waals surface area contributed by atoms with E-state index < -0.39 is 0 Å². The van der Waals surface area contributed by atoms with Crippen molar-refractivity contribution in [1.29, 1.82) is 0 Å². The van der Waals surface area contributed by atoms with Gasteiger partial charge in [-0.1, -0.05) is 0 Å². The summed E-state index contributed by atoms with van der Waals surface area (Å²) in [6.07, 6.45) is 4.49. The summed E-state index contributed by atoms with van der Waals surface area (Å²) < 4.78 is 5.84. The fourth-order valence-electron chi connectivity index (χ4n) is 3.16. The van der Waals surface area contributed by atoms with Gasteiger partial charge in [-0.2, -0.15) is 0 Å². The van der Waals surface area contributed by atoms with Crippen LogP contribution in [0.15, 0.2) is 0 Å². The van der Waals surface area contributed by atoms with Crippen LogP contribution in [0, 0.1) is 0 Å². The molecule has 2 heterocycles. The maximum atomic E-state index is 5.84. The standard InChI is InChI=1S/C10H18N2O/c1-2-8-10-9(3-1)13-7-6-12(10)5-4-11-8/h8-11H,1-7H2/t8-,9-,10+/m0/s1. The maximum Gasteiger partial charge on any atom is 0.0746 e. The lowest BCUT2D eigenvalue weighted by Gasteiger charge is -2.51. The fourth-order valence-corrected chi connectivity index (χ4v) is 3.16. The zero-order valence-corrected chi connectivity index (χ0v) is 8.04. The molecular formula is C10H18N2O. The molecule has 0 aromatic heterocycles. The zero-order chi connectivity index (χ0) is 8.67. The van der Waals surface area contributed by atoms with Gasteiger partial charge in [0.2, 0.25) is 0 Å². The van der Waals surface area contributed by atoms with Gasteiger partial charge in [0.1, 0.15) is 0 Å². The van der Waals surface area contributed by atoms with Crippen LogP contribution in [0.25, 0.3) is 0 Å². The highest BCUT2D eigenvalue weighted by Crippen LogP contribution is 2.30. The molecule has 3 nitrogen and oxygen atoms in total. The SMILES string of the molecule is C1C[C@@H]2NCCN3CCO[C@@H](C1)[C@@H]23. The minimum absolute atomic E-state index is 0.528. The molecular weight excluding hydrogens is 164 g/mol. The van der Waals surface area contributed by atoms with Crippen LogP contribution in [0.4, 0.5) is 0 Å². The van der Waals surface area contributed by atoms with Crippen molar-refractivity contribution in [3.05, 3.63) is 0 Å². The normalized spacial score (nSPS) is 45.7. The van der Waals surface area contributed by atoms with Gasteiger partial charge >= 0.3 is 0 Å². The number of ether oxygens (including phenoxy) is 1. The summed E-state index contributed by atoms with van der Waals surface area (Å²) in [6.45, 7) is 4.50. The van der Waals surface area contributed by atoms with E-state index in [-0.39, 0.29) is 0 Å². The summed E-state index contributed by atoms with van der Waals surface area (Å²) in [5.41, 5.74) is 0. The number of morpholine rings is 1. The molecule has 0 radical (unpaired) electrons. The Morgan fingerprint density at radius 1 is 1.23 bits per heavy atom. The number of nitrogens with one attached hydrogen (secondary N) is 1. The Morgan fingerprint density at radius 2 is 2.23 bits per heavy atom. The van der Waals surface area contributed by atoms with Crippen LogP contribution in [-0.2, 0) is 4.74 Å². The maximum absolute atomic E-state index is 5.84. The van der Waals surface area contributed by atoms with Crippen LogP contribution >= 0.6 is 0 Å². The lowest BCUT2D eigenvalue weighted by Crippen LogP contribution is -2.67. The van der Waals surface area contributed by atoms with Crippen LogP contribution in [0.5, 0.6) is 0 Å². The van der Waals surface area contributed by atoms with Crippen molar-refractivity contribution in [2.24, 2.45) is 0 Å². The van der Waals surface area contributed by atoms with Crippen molar-refractivity contribution < 1.29 is 4.74 Å². The third-order valence-electron chi connectivity index (χ3n) is 3.73. The fraction of sp³-hybridized carbons (Fsp3) is 1.00. The second-order valence-electron chi connectivity index (χ2n) is 4.43. The predicted octanol–water partition coefficient (Wildman–Crippen LogP) is 0.211. The second kappa shape index (κ2) is 3.23. The molecule has 0 unspecified atom stereocenters. The molecule has 1 aliphatic carbocycles. The van der Waals surface area contributed by atoms with Gasteiger partial charge in [-0.15, -0.1) is 0 Å². The molecule has 0 spiro atoms. The summed E-state index contributed by atoms with van der Waals surface area (Å²) in [5.74, 6) is 0. The van der Waals surface area contributed by atoms with Gasteiger partial charge in [0.05, 0.1) is 18.8 Å². The highest BCUT2D eigenvalue weighted by molar-refractivity contribution is 4.99. The lowest BCUT2D eigenvalue weighted by molar-refractivity contribution is -0.109. The van der Waals surface area contributed by atoms with Gasteiger partial charge in [-0.25, -0.2) is 0 Å². The molecule has 0 bridgehead atoms. The van der Waals surface area contributed by atoms with E-state index in [1.54, 1.807) is 0 Å². The molecule has 1 N–H and O–H groups in total. The molecule has 13 heavy (non-hydrogen) atoms. The van der Waals surface area contributed by atoms with Crippen molar-refractivity contribution in [3.8, 4) is 0 Å². The Labute approximate surface area is 79.4 Å². The van der Waals surface area contributed by atoms with Gasteiger partial charge in [-0.3, -0.25) is 4.90 Å². The second-order valence-corrected chi connectivity index (χ2v) is 4.43. The molecule has 2 aliphatic heterocycles. The third kappa shape index (κ3) is 1.30. The first kappa shape index (κ1) is 8.21. The quantitative estimate of drug-likeness (QED) is 0.579. The van der Waals surface area contributed by atoms with E-state index in [0.717, 1.165) is 13.2 Å². The first-order valence-electron chi connectivity index (χ1n) is 5.54. The Balaban J connectivity index is 1.82. The van der Waals surface area contributed by atoms with Gasteiger partial charge in [-0.05, 0) is 19.3 Å². The van der Waals surface area contributed by atoms with E-state index in [9.17, 15) is 0 Å². The van der Waals surface area contributed by atoms with Gasteiger partial charge in [0, 0.05) is 25.7 Å². The van der Waals surface area contributed by atoms with Crippen LogP contribution in [-0.4, -0.2) is 49.3 Å². The zero-order valence-electron chi connectivity index (χ0n) is 8.04. The molecule has 3 fully saturated rings. The number of hydrogen-bond donors (Lipinski definition) is 1. The molecule has 3 aliphatic rings. The summed E-state index contributed by atoms with van der Waals surface area (Å²) >= 11 is 0. The topological polar surface area (TPSA) is 24.5 Å². The molecule has 74 valence electrons.